The lowest BCUT2D eigenvalue weighted by atomic mass is 10.1. The SMILES string of the molecule is N#Cc1ccc(N2CCN(C(=O)c3cc(=O)[nH]c4cc(F)ccc34)CC2)nc1. The van der Waals surface area contributed by atoms with Gasteiger partial charge in [0.25, 0.3) is 5.91 Å². The standard InChI is InChI=1S/C20H16FN5O2/c21-14-2-3-15-16(10-19(27)24-17(15)9-14)20(28)26-7-5-25(6-8-26)18-4-1-13(11-22)12-23-18/h1-4,9-10,12H,5-8H2,(H,24,27). The van der Waals surface area contributed by atoms with Crippen molar-refractivity contribution in [3.63, 3.8) is 0 Å². The molecule has 4 rings (SSSR count). The second kappa shape index (κ2) is 7.12. The van der Waals surface area contributed by atoms with Crippen LogP contribution in [0.2, 0.25) is 0 Å². The number of carbonyl (C=O) groups excluding carboxylic acids is 1. The van der Waals surface area contributed by atoms with Crippen molar-refractivity contribution in [1.82, 2.24) is 14.9 Å². The van der Waals surface area contributed by atoms with E-state index < -0.39 is 11.4 Å². The number of hydrogen-bond acceptors (Lipinski definition) is 5. The highest BCUT2D eigenvalue weighted by molar-refractivity contribution is 6.06. The number of nitrogens with zero attached hydrogens (tertiary/aromatic N) is 4. The Morgan fingerprint density at radius 2 is 1.93 bits per heavy atom. The van der Waals surface area contributed by atoms with Crippen LogP contribution in [0.3, 0.4) is 0 Å². The molecule has 1 aliphatic rings. The van der Waals surface area contributed by atoms with Crippen LogP contribution >= 0.6 is 0 Å². The molecule has 0 spiro atoms. The normalized spacial score (nSPS) is 14.1. The number of nitrogens with one attached hydrogen (secondary N) is 1. The zero-order valence-electron chi connectivity index (χ0n) is 14.9. The van der Waals surface area contributed by atoms with E-state index in [4.69, 9.17) is 5.26 Å². The van der Waals surface area contributed by atoms with Gasteiger partial charge in [-0.2, -0.15) is 5.26 Å². The van der Waals surface area contributed by atoms with Gasteiger partial charge in [-0.3, -0.25) is 9.59 Å². The van der Waals surface area contributed by atoms with Gasteiger partial charge in [-0.25, -0.2) is 9.37 Å². The average Bonchev–Trinajstić information content (AvgIpc) is 2.72. The van der Waals surface area contributed by atoms with Crippen LogP contribution in [0.4, 0.5) is 10.2 Å². The Morgan fingerprint density at radius 1 is 1.14 bits per heavy atom. The fraction of sp³-hybridized carbons (Fsp3) is 0.200. The summed E-state index contributed by atoms with van der Waals surface area (Å²) in [5.41, 5.74) is 0.622. The van der Waals surface area contributed by atoms with Gasteiger partial charge in [0.2, 0.25) is 5.56 Å². The molecule has 0 saturated carbocycles. The highest BCUT2D eigenvalue weighted by Crippen LogP contribution is 2.20. The molecule has 1 aromatic carbocycles. The maximum Gasteiger partial charge on any atom is 0.254 e. The van der Waals surface area contributed by atoms with Crippen LogP contribution in [0.15, 0.2) is 47.4 Å². The number of anilines is 1. The molecule has 1 fully saturated rings. The number of amides is 1. The van der Waals surface area contributed by atoms with Gasteiger partial charge in [0.05, 0.1) is 16.6 Å². The van der Waals surface area contributed by atoms with Crippen molar-refractivity contribution in [2.75, 3.05) is 31.1 Å². The number of pyridine rings is 2. The largest absolute Gasteiger partial charge is 0.353 e. The van der Waals surface area contributed by atoms with Crippen molar-refractivity contribution >= 4 is 22.6 Å². The summed E-state index contributed by atoms with van der Waals surface area (Å²) in [5.74, 6) is 0.0228. The molecule has 0 aliphatic carbocycles. The number of hydrogen-bond donors (Lipinski definition) is 1. The van der Waals surface area contributed by atoms with E-state index in [1.54, 1.807) is 17.0 Å². The van der Waals surface area contributed by atoms with E-state index in [1.807, 2.05) is 11.0 Å². The van der Waals surface area contributed by atoms with Gasteiger partial charge in [-0.05, 0) is 30.3 Å². The number of aromatic nitrogens is 2. The summed E-state index contributed by atoms with van der Waals surface area (Å²) in [6, 6.07) is 10.8. The lowest BCUT2D eigenvalue weighted by Gasteiger charge is -2.35. The highest BCUT2D eigenvalue weighted by atomic mass is 19.1. The number of rotatable bonds is 2. The minimum absolute atomic E-state index is 0.254. The summed E-state index contributed by atoms with van der Waals surface area (Å²) in [5, 5.41) is 9.38. The molecule has 3 aromatic rings. The van der Waals surface area contributed by atoms with Crippen molar-refractivity contribution in [1.29, 1.82) is 5.26 Å². The maximum atomic E-state index is 13.5. The Bertz CT molecular complexity index is 1140. The van der Waals surface area contributed by atoms with Crippen LogP contribution in [0.5, 0.6) is 0 Å². The predicted octanol–water partition coefficient (Wildman–Crippen LogP) is 1.90. The van der Waals surface area contributed by atoms with Crippen LogP contribution in [-0.4, -0.2) is 47.0 Å². The second-order valence-electron chi connectivity index (χ2n) is 6.53. The Morgan fingerprint density at radius 3 is 2.61 bits per heavy atom. The molecule has 1 aliphatic heterocycles. The number of halogens is 1. The van der Waals surface area contributed by atoms with Gasteiger partial charge < -0.3 is 14.8 Å². The first-order valence-corrected chi connectivity index (χ1v) is 8.78. The summed E-state index contributed by atoms with van der Waals surface area (Å²) in [6.45, 7) is 2.10. The van der Waals surface area contributed by atoms with Gasteiger partial charge in [0.15, 0.2) is 0 Å². The van der Waals surface area contributed by atoms with Crippen molar-refractivity contribution < 1.29 is 9.18 Å². The lowest BCUT2D eigenvalue weighted by molar-refractivity contribution is 0.0748. The summed E-state index contributed by atoms with van der Waals surface area (Å²) in [4.78, 5) is 35.4. The van der Waals surface area contributed by atoms with Crippen LogP contribution < -0.4 is 10.5 Å². The molecule has 0 radical (unpaired) electrons. The third-order valence-electron chi connectivity index (χ3n) is 4.80. The number of fused-ring (bicyclic) bond motifs is 1. The summed E-state index contributed by atoms with van der Waals surface area (Å²) < 4.78 is 13.5. The number of piperazine rings is 1. The lowest BCUT2D eigenvalue weighted by Crippen LogP contribution is -2.49. The average molecular weight is 377 g/mol. The molecule has 1 saturated heterocycles. The fourth-order valence-electron chi connectivity index (χ4n) is 3.36. The first-order valence-electron chi connectivity index (χ1n) is 8.78. The minimum Gasteiger partial charge on any atom is -0.353 e. The molecule has 0 bridgehead atoms. The van der Waals surface area contributed by atoms with E-state index in [0.717, 1.165) is 5.82 Å². The van der Waals surface area contributed by atoms with Crippen molar-refractivity contribution in [2.45, 2.75) is 0 Å². The molecule has 2 aromatic heterocycles. The smallest absolute Gasteiger partial charge is 0.254 e. The monoisotopic (exact) mass is 377 g/mol. The molecular formula is C20H16FN5O2. The number of aromatic amines is 1. The van der Waals surface area contributed by atoms with Crippen LogP contribution in [0, 0.1) is 17.1 Å². The molecule has 28 heavy (non-hydrogen) atoms. The van der Waals surface area contributed by atoms with E-state index in [1.165, 1.54) is 30.5 Å². The van der Waals surface area contributed by atoms with Gasteiger partial charge in [-0.1, -0.05) is 0 Å². The summed E-state index contributed by atoms with van der Waals surface area (Å²) in [7, 11) is 0. The molecule has 0 unspecified atom stereocenters. The Labute approximate surface area is 159 Å². The van der Waals surface area contributed by atoms with Crippen LogP contribution in [-0.2, 0) is 0 Å². The zero-order chi connectivity index (χ0) is 19.7. The topological polar surface area (TPSA) is 93.1 Å². The molecule has 140 valence electrons. The van der Waals surface area contributed by atoms with Crippen molar-refractivity contribution in [3.05, 3.63) is 69.9 Å². The van der Waals surface area contributed by atoms with Gasteiger partial charge in [-0.15, -0.1) is 0 Å². The van der Waals surface area contributed by atoms with E-state index in [2.05, 4.69) is 9.97 Å². The Balaban J connectivity index is 1.54. The number of benzene rings is 1. The number of H-pyrrole nitrogens is 1. The summed E-state index contributed by atoms with van der Waals surface area (Å²) in [6.07, 6.45) is 1.52. The number of nitriles is 1. The van der Waals surface area contributed by atoms with Crippen LogP contribution in [0.25, 0.3) is 10.9 Å². The molecule has 1 N–H and O–H groups in total. The third-order valence-corrected chi connectivity index (χ3v) is 4.80. The van der Waals surface area contributed by atoms with Gasteiger partial charge in [0, 0.05) is 43.8 Å². The zero-order valence-corrected chi connectivity index (χ0v) is 14.9. The predicted molar refractivity (Wildman–Crippen MR) is 102 cm³/mol. The van der Waals surface area contributed by atoms with Crippen molar-refractivity contribution in [3.8, 4) is 6.07 Å². The minimum atomic E-state index is -0.476. The Kier molecular flexibility index (Phi) is 4.49. The first kappa shape index (κ1) is 17.7. The van der Waals surface area contributed by atoms with E-state index in [9.17, 15) is 14.0 Å². The van der Waals surface area contributed by atoms with Gasteiger partial charge in [0.1, 0.15) is 17.7 Å². The molecule has 8 heteroatoms. The molecule has 1 amide bonds. The Hall–Kier alpha value is -3.73. The molecule has 0 atom stereocenters. The first-order chi connectivity index (χ1) is 13.5. The second-order valence-corrected chi connectivity index (χ2v) is 6.53. The van der Waals surface area contributed by atoms with E-state index in [0.29, 0.717) is 42.6 Å². The van der Waals surface area contributed by atoms with E-state index in [-0.39, 0.29) is 11.5 Å². The quantitative estimate of drug-likeness (QED) is 0.736. The fourth-order valence-corrected chi connectivity index (χ4v) is 3.36. The van der Waals surface area contributed by atoms with Crippen LogP contribution in [0.1, 0.15) is 15.9 Å². The highest BCUT2D eigenvalue weighted by Gasteiger charge is 2.24. The molecule has 3 heterocycles. The number of carbonyl (C=O) groups is 1. The molecular weight excluding hydrogens is 361 g/mol. The third kappa shape index (κ3) is 3.30. The van der Waals surface area contributed by atoms with E-state index >= 15 is 0 Å². The van der Waals surface area contributed by atoms with Gasteiger partial charge >= 0.3 is 0 Å². The maximum absolute atomic E-state index is 13.5. The molecule has 7 nitrogen and oxygen atoms in total. The summed E-state index contributed by atoms with van der Waals surface area (Å²) >= 11 is 0. The van der Waals surface area contributed by atoms with Crippen molar-refractivity contribution in [2.24, 2.45) is 0 Å².